The van der Waals surface area contributed by atoms with Crippen LogP contribution in [0.25, 0.3) is 0 Å². The van der Waals surface area contributed by atoms with Gasteiger partial charge in [0.15, 0.2) is 4.34 Å². The van der Waals surface area contributed by atoms with Crippen LogP contribution in [0.5, 0.6) is 0 Å². The van der Waals surface area contributed by atoms with Crippen molar-refractivity contribution in [2.75, 3.05) is 11.1 Å². The number of benzene rings is 1. The number of aromatic nitrogens is 2. The number of rotatable bonds is 4. The van der Waals surface area contributed by atoms with Crippen LogP contribution in [0.1, 0.15) is 5.01 Å². The molecule has 0 atom stereocenters. The van der Waals surface area contributed by atoms with Crippen LogP contribution in [-0.2, 0) is 4.79 Å². The van der Waals surface area contributed by atoms with Gasteiger partial charge in [-0.25, -0.2) is 9.18 Å². The first-order valence-electron chi connectivity index (χ1n) is 5.83. The third-order valence-electron chi connectivity index (χ3n) is 2.21. The molecule has 2 aromatic rings. The number of para-hydroxylation sites is 1. The average Bonchev–Trinajstić information content (AvgIpc) is 2.85. The molecule has 1 aromatic heterocycles. The lowest BCUT2D eigenvalue weighted by Gasteiger charge is -2.06. The number of carbonyl (C=O) groups is 2. The van der Waals surface area contributed by atoms with Crippen LogP contribution in [0.4, 0.5) is 14.9 Å². The quantitative estimate of drug-likeness (QED) is 0.843. The highest BCUT2D eigenvalue weighted by Gasteiger charge is 2.11. The lowest BCUT2D eigenvalue weighted by Crippen LogP contribution is -2.35. The number of urea groups is 1. The van der Waals surface area contributed by atoms with Gasteiger partial charge in [-0.05, 0) is 19.1 Å². The maximum Gasteiger partial charge on any atom is 0.325 e. The summed E-state index contributed by atoms with van der Waals surface area (Å²) >= 11 is 2.54. The highest BCUT2D eigenvalue weighted by Crippen LogP contribution is 2.21. The second kappa shape index (κ2) is 7.14. The number of imide groups is 1. The van der Waals surface area contributed by atoms with Gasteiger partial charge in [-0.1, -0.05) is 35.2 Å². The molecule has 0 spiro atoms. The molecule has 3 amide bonds. The van der Waals surface area contributed by atoms with Gasteiger partial charge in [-0.2, -0.15) is 0 Å². The van der Waals surface area contributed by atoms with Gasteiger partial charge in [-0.15, -0.1) is 10.2 Å². The molecule has 1 aromatic carbocycles. The Morgan fingerprint density at radius 1 is 1.33 bits per heavy atom. The summed E-state index contributed by atoms with van der Waals surface area (Å²) in [4.78, 5) is 23.1. The predicted molar refractivity (Wildman–Crippen MR) is 78.9 cm³/mol. The largest absolute Gasteiger partial charge is 0.325 e. The second-order valence-corrected chi connectivity index (χ2v) is 6.26. The Morgan fingerprint density at radius 3 is 2.76 bits per heavy atom. The summed E-state index contributed by atoms with van der Waals surface area (Å²) in [6.45, 7) is 1.81. The highest BCUT2D eigenvalue weighted by atomic mass is 32.2. The Kier molecular flexibility index (Phi) is 5.23. The number of amides is 3. The first-order valence-corrected chi connectivity index (χ1v) is 7.63. The summed E-state index contributed by atoms with van der Waals surface area (Å²) in [5.41, 5.74) is 0.00945. The van der Waals surface area contributed by atoms with E-state index < -0.39 is 17.8 Å². The molecule has 2 N–H and O–H groups in total. The van der Waals surface area contributed by atoms with E-state index in [4.69, 9.17) is 0 Å². The molecule has 21 heavy (non-hydrogen) atoms. The third kappa shape index (κ3) is 4.80. The van der Waals surface area contributed by atoms with E-state index in [0.29, 0.717) is 4.34 Å². The van der Waals surface area contributed by atoms with E-state index in [9.17, 15) is 14.0 Å². The summed E-state index contributed by atoms with van der Waals surface area (Å²) < 4.78 is 14.0. The number of aryl methyl sites for hydroxylation is 1. The topological polar surface area (TPSA) is 84.0 Å². The van der Waals surface area contributed by atoms with Crippen molar-refractivity contribution in [2.24, 2.45) is 0 Å². The third-order valence-corrected chi connectivity index (χ3v) is 4.18. The number of nitrogens with one attached hydrogen (secondary N) is 2. The van der Waals surface area contributed by atoms with Crippen molar-refractivity contribution in [3.63, 3.8) is 0 Å². The number of halogens is 1. The zero-order valence-corrected chi connectivity index (χ0v) is 12.6. The molecule has 0 aliphatic heterocycles. The van der Waals surface area contributed by atoms with Crippen molar-refractivity contribution in [3.8, 4) is 0 Å². The number of nitrogens with zero attached hydrogens (tertiary/aromatic N) is 2. The van der Waals surface area contributed by atoms with E-state index in [1.807, 2.05) is 6.92 Å². The van der Waals surface area contributed by atoms with Gasteiger partial charge in [0.1, 0.15) is 10.8 Å². The lowest BCUT2D eigenvalue weighted by molar-refractivity contribution is -0.117. The molecular formula is C12H11FN4O2S2. The molecule has 0 aliphatic carbocycles. The molecule has 110 valence electrons. The molecule has 1 heterocycles. The average molecular weight is 326 g/mol. The van der Waals surface area contributed by atoms with Gasteiger partial charge in [-0.3, -0.25) is 10.1 Å². The molecular weight excluding hydrogens is 315 g/mol. The van der Waals surface area contributed by atoms with E-state index >= 15 is 0 Å². The Balaban J connectivity index is 1.79. The van der Waals surface area contributed by atoms with E-state index in [-0.39, 0.29) is 11.4 Å². The van der Waals surface area contributed by atoms with E-state index in [1.54, 1.807) is 6.07 Å². The van der Waals surface area contributed by atoms with Gasteiger partial charge in [0.2, 0.25) is 5.91 Å². The number of carbonyl (C=O) groups excluding carboxylic acids is 2. The highest BCUT2D eigenvalue weighted by molar-refractivity contribution is 8.01. The Hall–Kier alpha value is -2.00. The molecule has 0 aliphatic rings. The molecule has 0 unspecified atom stereocenters. The summed E-state index contributed by atoms with van der Waals surface area (Å²) in [5.74, 6) is -1.04. The number of thioether (sulfide) groups is 1. The van der Waals surface area contributed by atoms with Crippen LogP contribution in [0.15, 0.2) is 28.6 Å². The standard InChI is InChI=1S/C12H11FN4O2S2/c1-7-16-17-12(21-7)20-6-10(18)15-11(19)14-9-5-3-2-4-8(9)13/h2-5H,6H2,1H3,(H2,14,15,18,19). The molecule has 0 saturated heterocycles. The van der Waals surface area contributed by atoms with E-state index in [1.165, 1.54) is 41.3 Å². The summed E-state index contributed by atoms with van der Waals surface area (Å²) in [6.07, 6.45) is 0. The Morgan fingerprint density at radius 2 is 2.10 bits per heavy atom. The number of hydrogen-bond acceptors (Lipinski definition) is 6. The molecule has 0 radical (unpaired) electrons. The molecule has 9 heteroatoms. The van der Waals surface area contributed by atoms with Gasteiger partial charge in [0.05, 0.1) is 11.4 Å². The maximum atomic E-state index is 13.3. The zero-order valence-electron chi connectivity index (χ0n) is 10.9. The fraction of sp³-hybridized carbons (Fsp3) is 0.167. The van der Waals surface area contributed by atoms with Crippen LogP contribution in [-0.4, -0.2) is 27.9 Å². The smallest absolute Gasteiger partial charge is 0.305 e. The van der Waals surface area contributed by atoms with Gasteiger partial charge in [0.25, 0.3) is 0 Å². The van der Waals surface area contributed by atoms with Gasteiger partial charge in [0, 0.05) is 0 Å². The molecule has 2 rings (SSSR count). The minimum absolute atomic E-state index is 0.00945. The normalized spacial score (nSPS) is 10.2. The van der Waals surface area contributed by atoms with Crippen molar-refractivity contribution in [1.82, 2.24) is 15.5 Å². The fourth-order valence-electron chi connectivity index (χ4n) is 1.34. The first-order chi connectivity index (χ1) is 10.0. The fourth-order valence-corrected chi connectivity index (χ4v) is 2.96. The van der Waals surface area contributed by atoms with E-state index in [0.717, 1.165) is 5.01 Å². The Bertz CT molecular complexity index is 662. The van der Waals surface area contributed by atoms with Crippen LogP contribution < -0.4 is 10.6 Å². The summed E-state index contributed by atoms with van der Waals surface area (Å²) in [5, 5.41) is 12.8. The second-order valence-electron chi connectivity index (χ2n) is 3.86. The number of anilines is 1. The number of hydrogen-bond donors (Lipinski definition) is 2. The minimum Gasteiger partial charge on any atom is -0.305 e. The van der Waals surface area contributed by atoms with Crippen LogP contribution >= 0.6 is 23.1 Å². The lowest BCUT2D eigenvalue weighted by atomic mass is 10.3. The van der Waals surface area contributed by atoms with Crippen LogP contribution in [0.3, 0.4) is 0 Å². The van der Waals surface area contributed by atoms with Crippen molar-refractivity contribution in [3.05, 3.63) is 35.1 Å². The SMILES string of the molecule is Cc1nnc(SCC(=O)NC(=O)Nc2ccccc2F)s1. The molecule has 0 saturated carbocycles. The summed E-state index contributed by atoms with van der Waals surface area (Å²) in [7, 11) is 0. The van der Waals surface area contributed by atoms with E-state index in [2.05, 4.69) is 20.8 Å². The van der Waals surface area contributed by atoms with Crippen molar-refractivity contribution in [1.29, 1.82) is 0 Å². The molecule has 0 fully saturated rings. The van der Waals surface area contributed by atoms with Crippen molar-refractivity contribution < 1.29 is 14.0 Å². The molecule has 6 nitrogen and oxygen atoms in total. The zero-order chi connectivity index (χ0) is 15.2. The molecule has 0 bridgehead atoms. The van der Waals surface area contributed by atoms with Crippen molar-refractivity contribution >= 4 is 40.7 Å². The first kappa shape index (κ1) is 15.4. The van der Waals surface area contributed by atoms with Crippen LogP contribution in [0.2, 0.25) is 0 Å². The predicted octanol–water partition coefficient (Wildman–Crippen LogP) is 2.43. The van der Waals surface area contributed by atoms with Crippen molar-refractivity contribution in [2.45, 2.75) is 11.3 Å². The minimum atomic E-state index is -0.779. The maximum absolute atomic E-state index is 13.3. The Labute approximate surface area is 128 Å². The summed E-state index contributed by atoms with van der Waals surface area (Å²) in [6, 6.07) is 4.92. The van der Waals surface area contributed by atoms with Gasteiger partial charge < -0.3 is 5.32 Å². The van der Waals surface area contributed by atoms with Crippen LogP contribution in [0, 0.1) is 12.7 Å². The monoisotopic (exact) mass is 326 g/mol. The van der Waals surface area contributed by atoms with Gasteiger partial charge >= 0.3 is 6.03 Å².